The highest BCUT2D eigenvalue weighted by Crippen LogP contribution is 2.16. The number of amides is 5. The Balaban J connectivity index is 3.26. The Morgan fingerprint density at radius 1 is 0.720 bits per heavy atom. The van der Waals surface area contributed by atoms with Crippen LogP contribution in [-0.2, 0) is 24.0 Å². The number of nitrogens with two attached hydrogens (primary N) is 4. The molecule has 0 aliphatic rings. The molecule has 0 aliphatic heterocycles. The van der Waals surface area contributed by atoms with Gasteiger partial charge in [0, 0.05) is 31.3 Å². The molecule has 0 saturated carbocycles. The Labute approximate surface area is 292 Å². The lowest BCUT2D eigenvalue weighted by molar-refractivity contribution is -0.384. The summed E-state index contributed by atoms with van der Waals surface area (Å²) >= 11 is 0. The van der Waals surface area contributed by atoms with Crippen molar-refractivity contribution in [3.05, 3.63) is 34.4 Å². The third kappa shape index (κ3) is 17.5. The number of nitro benzene ring substituents is 1. The van der Waals surface area contributed by atoms with Crippen LogP contribution in [0, 0.1) is 16.0 Å². The predicted octanol–water partition coefficient (Wildman–Crippen LogP) is -0.150. The molecule has 5 amide bonds. The van der Waals surface area contributed by atoms with Gasteiger partial charge < -0.3 is 49.5 Å². The number of hydrogen-bond donors (Lipinski definition) is 9. The number of carbonyl (C=O) groups is 5. The van der Waals surface area contributed by atoms with E-state index in [9.17, 15) is 34.1 Å². The Morgan fingerprint density at radius 2 is 1.18 bits per heavy atom. The van der Waals surface area contributed by atoms with Crippen LogP contribution in [0.15, 0.2) is 29.3 Å². The number of anilines is 1. The fourth-order valence-corrected chi connectivity index (χ4v) is 4.96. The molecule has 0 aromatic heterocycles. The van der Waals surface area contributed by atoms with Gasteiger partial charge in [-0.15, -0.1) is 0 Å². The second-order valence-electron chi connectivity index (χ2n) is 12.4. The third-order valence-electron chi connectivity index (χ3n) is 7.48. The molecule has 0 saturated heterocycles. The van der Waals surface area contributed by atoms with Gasteiger partial charge in [-0.1, -0.05) is 13.8 Å². The highest BCUT2D eigenvalue weighted by Gasteiger charge is 2.31. The topological polar surface area (TPSA) is 305 Å². The first-order chi connectivity index (χ1) is 23.7. The monoisotopic (exact) mass is 705 g/mol. The lowest BCUT2D eigenvalue weighted by Crippen LogP contribution is -2.58. The largest absolute Gasteiger partial charge is 0.370 e. The molecule has 1 rings (SSSR count). The number of unbranched alkanes of at least 4 members (excludes halogenated alkanes) is 2. The number of aliphatic imine (C=N–C) groups is 1. The lowest BCUT2D eigenvalue weighted by Gasteiger charge is -2.27. The third-order valence-corrected chi connectivity index (χ3v) is 7.48. The van der Waals surface area contributed by atoms with Gasteiger partial charge >= 0.3 is 0 Å². The number of rotatable bonds is 24. The van der Waals surface area contributed by atoms with Gasteiger partial charge in [-0.05, 0) is 88.9 Å². The summed E-state index contributed by atoms with van der Waals surface area (Å²) in [7, 11) is 0. The zero-order chi connectivity index (χ0) is 37.6. The molecule has 0 heterocycles. The molecule has 0 aliphatic carbocycles. The van der Waals surface area contributed by atoms with Gasteiger partial charge in [-0.3, -0.25) is 39.1 Å². The van der Waals surface area contributed by atoms with Gasteiger partial charge in [0.2, 0.25) is 29.5 Å². The number of carbonyl (C=O) groups excluding carboxylic acids is 5. The van der Waals surface area contributed by atoms with Crippen molar-refractivity contribution >= 4 is 46.9 Å². The zero-order valence-electron chi connectivity index (χ0n) is 29.2. The van der Waals surface area contributed by atoms with Crippen LogP contribution in [-0.4, -0.2) is 84.2 Å². The molecule has 0 unspecified atom stereocenters. The highest BCUT2D eigenvalue weighted by molar-refractivity contribution is 5.99. The summed E-state index contributed by atoms with van der Waals surface area (Å²) in [6.45, 7) is 6.01. The quantitative estimate of drug-likeness (QED) is 0.0224. The molecule has 0 radical (unpaired) electrons. The maximum atomic E-state index is 13.7. The van der Waals surface area contributed by atoms with Crippen LogP contribution in [0.5, 0.6) is 0 Å². The Bertz CT molecular complexity index is 1290. The molecule has 1 aromatic rings. The molecule has 18 nitrogen and oxygen atoms in total. The molecule has 0 fully saturated rings. The molecule has 0 spiro atoms. The van der Waals surface area contributed by atoms with E-state index in [4.69, 9.17) is 22.9 Å². The summed E-state index contributed by atoms with van der Waals surface area (Å²) < 4.78 is 0. The number of benzene rings is 1. The Hall–Kier alpha value is -4.84. The number of nitrogens with zero attached hydrogens (tertiary/aromatic N) is 2. The second kappa shape index (κ2) is 23.5. The minimum absolute atomic E-state index is 0.0720. The number of guanidine groups is 1. The highest BCUT2D eigenvalue weighted by atomic mass is 16.6. The van der Waals surface area contributed by atoms with Gasteiger partial charge in [0.05, 0.1) is 4.92 Å². The van der Waals surface area contributed by atoms with Gasteiger partial charge in [0.15, 0.2) is 5.96 Å². The fourth-order valence-electron chi connectivity index (χ4n) is 4.96. The van der Waals surface area contributed by atoms with Crippen molar-refractivity contribution in [1.82, 2.24) is 21.3 Å². The van der Waals surface area contributed by atoms with Crippen molar-refractivity contribution in [1.29, 1.82) is 0 Å². The van der Waals surface area contributed by atoms with E-state index in [1.54, 1.807) is 0 Å². The van der Waals surface area contributed by atoms with Gasteiger partial charge in [-0.25, -0.2) is 0 Å². The normalized spacial score (nSPS) is 13.2. The molecule has 0 bridgehead atoms. The average Bonchev–Trinajstić information content (AvgIpc) is 3.04. The van der Waals surface area contributed by atoms with E-state index in [2.05, 4.69) is 31.6 Å². The summed E-state index contributed by atoms with van der Waals surface area (Å²) in [5, 5.41) is 24.5. The van der Waals surface area contributed by atoms with Gasteiger partial charge in [-0.2, -0.15) is 0 Å². The van der Waals surface area contributed by atoms with Gasteiger partial charge in [0.1, 0.15) is 24.2 Å². The van der Waals surface area contributed by atoms with E-state index < -0.39 is 58.6 Å². The summed E-state index contributed by atoms with van der Waals surface area (Å²) in [6.07, 6.45) is 3.32. The summed E-state index contributed by atoms with van der Waals surface area (Å²) in [6, 6.07) is 1.08. The van der Waals surface area contributed by atoms with Crippen LogP contribution in [0.1, 0.15) is 78.6 Å². The summed E-state index contributed by atoms with van der Waals surface area (Å²) in [5.41, 5.74) is 22.3. The molecule has 18 heteroatoms. The first-order valence-corrected chi connectivity index (χ1v) is 16.9. The first kappa shape index (κ1) is 43.2. The van der Waals surface area contributed by atoms with Crippen LogP contribution in [0.3, 0.4) is 0 Å². The van der Waals surface area contributed by atoms with Crippen molar-refractivity contribution in [2.75, 3.05) is 25.0 Å². The zero-order valence-corrected chi connectivity index (χ0v) is 29.2. The minimum atomic E-state index is -1.10. The van der Waals surface area contributed by atoms with Crippen LogP contribution in [0.4, 0.5) is 11.4 Å². The maximum Gasteiger partial charge on any atom is 0.269 e. The van der Waals surface area contributed by atoms with E-state index in [0.717, 1.165) is 0 Å². The molecule has 1 aromatic carbocycles. The van der Waals surface area contributed by atoms with Crippen molar-refractivity contribution in [3.8, 4) is 0 Å². The summed E-state index contributed by atoms with van der Waals surface area (Å²) in [5.74, 6) is -2.86. The van der Waals surface area contributed by atoms with Crippen LogP contribution < -0.4 is 49.5 Å². The van der Waals surface area contributed by atoms with Crippen molar-refractivity contribution in [2.45, 2.75) is 103 Å². The number of nitro groups is 1. The van der Waals surface area contributed by atoms with E-state index in [1.165, 1.54) is 31.2 Å². The van der Waals surface area contributed by atoms with E-state index in [0.29, 0.717) is 51.6 Å². The smallest absolute Gasteiger partial charge is 0.269 e. The SMILES string of the molecule is CC(=O)N[C@@H](CC(C)C)C(=O)N[C@@H](CCCCN)C(=O)N[C@@H](CCCCN)C(=O)N[C@@H](CCCN=C(N)N)C(=O)Nc1ccc([N+](=O)[O-])cc1. The number of nitrogens with one attached hydrogen (secondary N) is 5. The number of hydrogen-bond acceptors (Lipinski definition) is 10. The maximum absolute atomic E-state index is 13.7. The predicted molar refractivity (Wildman–Crippen MR) is 190 cm³/mol. The number of non-ortho nitro benzene ring substituents is 1. The molecule has 13 N–H and O–H groups in total. The first-order valence-electron chi connectivity index (χ1n) is 16.9. The van der Waals surface area contributed by atoms with Crippen LogP contribution >= 0.6 is 0 Å². The summed E-state index contributed by atoms with van der Waals surface area (Å²) in [4.78, 5) is 80.2. The Kier molecular flexibility index (Phi) is 20.3. The lowest BCUT2D eigenvalue weighted by atomic mass is 10.0. The van der Waals surface area contributed by atoms with E-state index in [-0.39, 0.29) is 49.1 Å². The van der Waals surface area contributed by atoms with Gasteiger partial charge in [0.25, 0.3) is 5.69 Å². The fraction of sp³-hybridized carbons (Fsp3) is 0.625. The molecule has 280 valence electrons. The van der Waals surface area contributed by atoms with Crippen LogP contribution in [0.25, 0.3) is 0 Å². The molecule has 50 heavy (non-hydrogen) atoms. The van der Waals surface area contributed by atoms with Crippen molar-refractivity contribution < 1.29 is 28.9 Å². The molecular formula is C32H55N11O7. The molecule has 4 atom stereocenters. The Morgan fingerprint density at radius 3 is 1.60 bits per heavy atom. The van der Waals surface area contributed by atoms with Crippen molar-refractivity contribution in [3.63, 3.8) is 0 Å². The standard InChI is InChI=1S/C32H55N11O7/c1-20(2)19-27(38-21(3)44)31(48)42-25(10-5-7-17-34)30(47)40-24(9-4-6-16-33)29(46)41-26(11-8-18-37-32(35)36)28(45)39-22-12-14-23(15-13-22)43(49)50/h12-15,20,24-27H,4-11,16-19,33-34H2,1-3H3,(H,38,44)(H,39,45)(H,40,47)(H,41,46)(H,42,48)(H4,35,36,37)/t24-,25-,26-,27-/m0/s1. The minimum Gasteiger partial charge on any atom is -0.370 e. The van der Waals surface area contributed by atoms with Crippen LogP contribution in [0.2, 0.25) is 0 Å². The second-order valence-corrected chi connectivity index (χ2v) is 12.4. The van der Waals surface area contributed by atoms with E-state index in [1.807, 2.05) is 13.8 Å². The molecular weight excluding hydrogens is 650 g/mol. The van der Waals surface area contributed by atoms with Crippen molar-refractivity contribution in [2.24, 2.45) is 33.8 Å². The van der Waals surface area contributed by atoms with E-state index >= 15 is 0 Å². The average molecular weight is 706 g/mol.